The summed E-state index contributed by atoms with van der Waals surface area (Å²) >= 11 is 0. The highest BCUT2D eigenvalue weighted by Crippen LogP contribution is 2.18. The lowest BCUT2D eigenvalue weighted by Gasteiger charge is -2.22. The number of amidine groups is 1. The van der Waals surface area contributed by atoms with Gasteiger partial charge in [0, 0.05) is 17.9 Å². The normalized spacial score (nSPS) is 11.4. The molecule has 0 saturated carbocycles. The third-order valence-electron chi connectivity index (χ3n) is 4.39. The number of hydrogen-bond acceptors (Lipinski definition) is 8. The smallest absolute Gasteiger partial charge is 0.480 e. The highest BCUT2D eigenvalue weighted by atomic mass is 19.4. The first kappa shape index (κ1) is 31.1. The SMILES string of the molecule is CC(Cc1ccc(C(=O)Oc2ccc(C(=N)N)cc2)o1)C(=O)N(CC(N)=O)CC(=O)O.O=C(O)C(F)(F)F. The molecule has 0 spiro atoms. The molecular formula is C22H23F3N4O9. The van der Waals surface area contributed by atoms with Crippen molar-refractivity contribution in [2.75, 3.05) is 13.1 Å². The molecule has 13 nitrogen and oxygen atoms in total. The van der Waals surface area contributed by atoms with Crippen molar-refractivity contribution >= 4 is 35.6 Å². The Bertz CT molecular complexity index is 1180. The van der Waals surface area contributed by atoms with E-state index in [1.54, 1.807) is 0 Å². The second-order valence-electron chi connectivity index (χ2n) is 7.56. The van der Waals surface area contributed by atoms with E-state index in [2.05, 4.69) is 0 Å². The van der Waals surface area contributed by atoms with Crippen LogP contribution in [0.25, 0.3) is 0 Å². The minimum absolute atomic E-state index is 0.0638. The van der Waals surface area contributed by atoms with E-state index in [0.717, 1.165) is 4.90 Å². The zero-order valence-electron chi connectivity index (χ0n) is 19.7. The number of halogens is 3. The Morgan fingerprint density at radius 1 is 1.03 bits per heavy atom. The molecule has 1 atom stereocenters. The molecule has 1 aromatic carbocycles. The predicted molar refractivity (Wildman–Crippen MR) is 121 cm³/mol. The maximum absolute atomic E-state index is 12.5. The topological polar surface area (TPSA) is 227 Å². The number of carbonyl (C=O) groups is 5. The fraction of sp³-hybridized carbons (Fsp3) is 0.273. The van der Waals surface area contributed by atoms with Crippen molar-refractivity contribution < 1.29 is 56.5 Å². The number of esters is 1. The summed E-state index contributed by atoms with van der Waals surface area (Å²) in [5.74, 6) is -6.63. The number of nitrogen functional groups attached to an aromatic ring is 1. The maximum Gasteiger partial charge on any atom is 0.490 e. The standard InChI is InChI=1S/C20H22N4O7.C2HF3O2/c1-11(19(28)24(9-16(21)25)10-17(26)27)8-14-6-7-15(30-14)20(29)31-13-4-2-12(3-5-13)18(22)23;3-2(4,5)1(6)7/h2-7,11H,8-10H2,1H3,(H2,21,25)(H3,22,23)(H,26,27);(H,6,7). The summed E-state index contributed by atoms with van der Waals surface area (Å²) in [6, 6.07) is 8.90. The molecule has 0 aliphatic heterocycles. The lowest BCUT2D eigenvalue weighted by Crippen LogP contribution is -2.44. The zero-order valence-corrected chi connectivity index (χ0v) is 19.7. The minimum Gasteiger partial charge on any atom is -0.480 e. The Kier molecular flexibility index (Phi) is 11.0. The van der Waals surface area contributed by atoms with Crippen LogP contribution >= 0.6 is 0 Å². The van der Waals surface area contributed by atoms with Crippen LogP contribution in [0.2, 0.25) is 0 Å². The third-order valence-corrected chi connectivity index (χ3v) is 4.39. The molecule has 7 N–H and O–H groups in total. The highest BCUT2D eigenvalue weighted by molar-refractivity contribution is 5.95. The van der Waals surface area contributed by atoms with Gasteiger partial charge >= 0.3 is 24.1 Å². The molecule has 0 bridgehead atoms. The van der Waals surface area contributed by atoms with Crippen molar-refractivity contribution in [3.8, 4) is 5.75 Å². The van der Waals surface area contributed by atoms with Crippen LogP contribution in [-0.2, 0) is 25.6 Å². The van der Waals surface area contributed by atoms with E-state index >= 15 is 0 Å². The van der Waals surface area contributed by atoms with Gasteiger partial charge < -0.3 is 35.7 Å². The van der Waals surface area contributed by atoms with Crippen LogP contribution in [-0.4, -0.2) is 69.9 Å². The first-order valence-electron chi connectivity index (χ1n) is 10.4. The molecule has 38 heavy (non-hydrogen) atoms. The van der Waals surface area contributed by atoms with E-state index in [4.69, 9.17) is 41.0 Å². The van der Waals surface area contributed by atoms with Gasteiger partial charge in [0.05, 0.1) is 6.54 Å². The summed E-state index contributed by atoms with van der Waals surface area (Å²) in [7, 11) is 0. The lowest BCUT2D eigenvalue weighted by atomic mass is 10.0. The molecule has 0 fully saturated rings. The monoisotopic (exact) mass is 544 g/mol. The molecule has 0 aliphatic carbocycles. The van der Waals surface area contributed by atoms with Gasteiger partial charge in [-0.2, -0.15) is 13.2 Å². The summed E-state index contributed by atoms with van der Waals surface area (Å²) in [6.07, 6.45) is -5.02. The van der Waals surface area contributed by atoms with Gasteiger partial charge in [-0.25, -0.2) is 9.59 Å². The van der Waals surface area contributed by atoms with Gasteiger partial charge in [0.15, 0.2) is 0 Å². The van der Waals surface area contributed by atoms with Crippen LogP contribution < -0.4 is 16.2 Å². The number of alkyl halides is 3. The van der Waals surface area contributed by atoms with Gasteiger partial charge in [0.1, 0.15) is 23.9 Å². The number of aliphatic carboxylic acids is 2. The number of furan rings is 1. The first-order chi connectivity index (χ1) is 17.5. The van der Waals surface area contributed by atoms with Gasteiger partial charge in [-0.1, -0.05) is 6.92 Å². The summed E-state index contributed by atoms with van der Waals surface area (Å²) in [5.41, 5.74) is 10.9. The molecule has 0 aliphatic rings. The number of benzene rings is 1. The van der Waals surface area contributed by atoms with Crippen LogP contribution in [0, 0.1) is 11.3 Å². The summed E-state index contributed by atoms with van der Waals surface area (Å²) in [4.78, 5) is 56.5. The van der Waals surface area contributed by atoms with E-state index in [9.17, 15) is 32.3 Å². The number of carboxylic acids is 2. The molecule has 0 radical (unpaired) electrons. The Hall–Kier alpha value is -4.89. The van der Waals surface area contributed by atoms with Crippen LogP contribution in [0.4, 0.5) is 13.2 Å². The lowest BCUT2D eigenvalue weighted by molar-refractivity contribution is -0.192. The molecule has 0 saturated heterocycles. The van der Waals surface area contributed by atoms with Crippen molar-refractivity contribution in [2.24, 2.45) is 17.4 Å². The zero-order chi connectivity index (χ0) is 29.2. The predicted octanol–water partition coefficient (Wildman–Crippen LogP) is 0.993. The third kappa shape index (κ3) is 10.4. The summed E-state index contributed by atoms with van der Waals surface area (Å²) in [6.45, 7) is 0.354. The molecule has 1 aromatic heterocycles. The van der Waals surface area contributed by atoms with Crippen molar-refractivity contribution in [1.29, 1.82) is 5.41 Å². The van der Waals surface area contributed by atoms with Gasteiger partial charge in [0.2, 0.25) is 17.6 Å². The van der Waals surface area contributed by atoms with E-state index in [1.165, 1.54) is 43.3 Å². The number of nitrogens with zero attached hydrogens (tertiary/aromatic N) is 1. The molecule has 206 valence electrons. The number of carbonyl (C=O) groups excluding carboxylic acids is 3. The summed E-state index contributed by atoms with van der Waals surface area (Å²) in [5, 5.41) is 23.4. The van der Waals surface area contributed by atoms with Crippen molar-refractivity contribution in [2.45, 2.75) is 19.5 Å². The number of rotatable bonds is 10. The Balaban J connectivity index is 0.000000905. The minimum atomic E-state index is -5.08. The number of nitrogens with one attached hydrogen (secondary N) is 1. The number of hydrogen-bond donors (Lipinski definition) is 5. The Labute approximate surface area is 212 Å². The van der Waals surface area contributed by atoms with Gasteiger partial charge in [-0.15, -0.1) is 0 Å². The second-order valence-corrected chi connectivity index (χ2v) is 7.56. The van der Waals surface area contributed by atoms with Gasteiger partial charge in [0.25, 0.3) is 0 Å². The fourth-order valence-corrected chi connectivity index (χ4v) is 2.72. The number of ether oxygens (including phenoxy) is 1. The largest absolute Gasteiger partial charge is 0.490 e. The van der Waals surface area contributed by atoms with Crippen LogP contribution in [0.1, 0.15) is 28.8 Å². The first-order valence-corrected chi connectivity index (χ1v) is 10.4. The molecule has 1 heterocycles. The fourth-order valence-electron chi connectivity index (χ4n) is 2.72. The Morgan fingerprint density at radius 2 is 1.58 bits per heavy atom. The Morgan fingerprint density at radius 3 is 2.03 bits per heavy atom. The van der Waals surface area contributed by atoms with Gasteiger partial charge in [-0.3, -0.25) is 19.8 Å². The number of primary amides is 1. The van der Waals surface area contributed by atoms with E-state index in [1.807, 2.05) is 0 Å². The van der Waals surface area contributed by atoms with E-state index < -0.39 is 54.9 Å². The molecule has 2 aromatic rings. The average Bonchev–Trinajstić information content (AvgIpc) is 3.26. The van der Waals surface area contributed by atoms with Crippen molar-refractivity contribution in [3.63, 3.8) is 0 Å². The molecule has 16 heteroatoms. The number of nitrogens with two attached hydrogens (primary N) is 2. The molecule has 2 amide bonds. The number of amides is 2. The quantitative estimate of drug-likeness (QED) is 0.123. The molecular weight excluding hydrogens is 521 g/mol. The van der Waals surface area contributed by atoms with Crippen LogP contribution in [0.5, 0.6) is 5.75 Å². The average molecular weight is 544 g/mol. The van der Waals surface area contributed by atoms with Crippen molar-refractivity contribution in [1.82, 2.24) is 4.90 Å². The maximum atomic E-state index is 12.5. The van der Waals surface area contributed by atoms with Crippen LogP contribution in [0.3, 0.4) is 0 Å². The molecule has 2 rings (SSSR count). The van der Waals surface area contributed by atoms with Crippen molar-refractivity contribution in [3.05, 3.63) is 53.5 Å². The van der Waals surface area contributed by atoms with E-state index in [-0.39, 0.29) is 23.8 Å². The highest BCUT2D eigenvalue weighted by Gasteiger charge is 2.38. The molecule has 1 unspecified atom stereocenters. The number of carboxylic acid groups (broad SMARTS) is 2. The van der Waals surface area contributed by atoms with E-state index in [0.29, 0.717) is 11.3 Å². The second kappa shape index (κ2) is 13.4. The van der Waals surface area contributed by atoms with Gasteiger partial charge in [-0.05, 0) is 36.4 Å². The summed E-state index contributed by atoms with van der Waals surface area (Å²) < 4.78 is 42.4. The van der Waals surface area contributed by atoms with Crippen LogP contribution in [0.15, 0.2) is 40.8 Å².